The summed E-state index contributed by atoms with van der Waals surface area (Å²) >= 11 is 0. The van der Waals surface area contributed by atoms with Gasteiger partial charge in [-0.15, -0.1) is 0 Å². The second-order valence-corrected chi connectivity index (χ2v) is 3.20. The van der Waals surface area contributed by atoms with Crippen molar-refractivity contribution in [1.29, 1.82) is 0 Å². The van der Waals surface area contributed by atoms with Crippen molar-refractivity contribution < 1.29 is 9.13 Å². The molecule has 0 aliphatic rings. The van der Waals surface area contributed by atoms with Gasteiger partial charge >= 0.3 is 0 Å². The van der Waals surface area contributed by atoms with Gasteiger partial charge < -0.3 is 10.1 Å². The van der Waals surface area contributed by atoms with Crippen molar-refractivity contribution in [2.24, 2.45) is 0 Å². The third kappa shape index (κ3) is 1.56. The van der Waals surface area contributed by atoms with Crippen LogP contribution in [0.4, 0.5) is 15.8 Å². The molecule has 0 fully saturated rings. The molecule has 16 heavy (non-hydrogen) atoms. The number of hydrogen-bond acceptors (Lipinski definition) is 4. The lowest BCUT2D eigenvalue weighted by molar-refractivity contribution is 0.408. The predicted octanol–water partition coefficient (Wildman–Crippen LogP) is 1.17. The predicted molar refractivity (Wildman–Crippen MR) is 57.6 cm³/mol. The Balaban J connectivity index is 2.28. The highest BCUT2D eigenvalue weighted by atomic mass is 19.1. The fourth-order valence-electron chi connectivity index (χ4n) is 1.36. The summed E-state index contributed by atoms with van der Waals surface area (Å²) in [6, 6.07) is 5.43. The molecule has 0 saturated carbocycles. The van der Waals surface area contributed by atoms with E-state index in [1.807, 2.05) is 0 Å². The van der Waals surface area contributed by atoms with Crippen LogP contribution in [0.2, 0.25) is 0 Å². The molecule has 0 amide bonds. The van der Waals surface area contributed by atoms with E-state index in [9.17, 15) is 14.0 Å². The van der Waals surface area contributed by atoms with Crippen molar-refractivity contribution in [3.05, 3.63) is 50.5 Å². The van der Waals surface area contributed by atoms with Gasteiger partial charge in [0.1, 0.15) is 11.5 Å². The van der Waals surface area contributed by atoms with Gasteiger partial charge in [-0.05, 0) is 24.3 Å². The molecular formula is C11H8FNO3. The van der Waals surface area contributed by atoms with E-state index < -0.39 is 10.9 Å². The number of nitrogens with one attached hydrogen (secondary N) is 1. The average molecular weight is 221 g/mol. The summed E-state index contributed by atoms with van der Waals surface area (Å²) < 4.78 is 17.4. The molecule has 5 heteroatoms. The van der Waals surface area contributed by atoms with E-state index in [1.54, 1.807) is 0 Å². The van der Waals surface area contributed by atoms with Gasteiger partial charge in [0.15, 0.2) is 5.75 Å². The Hall–Kier alpha value is -2.17. The minimum atomic E-state index is -0.646. The van der Waals surface area contributed by atoms with Gasteiger partial charge in [0.05, 0.1) is 7.11 Å². The van der Waals surface area contributed by atoms with E-state index in [0.29, 0.717) is 5.69 Å². The van der Waals surface area contributed by atoms with Gasteiger partial charge in [-0.2, -0.15) is 0 Å². The van der Waals surface area contributed by atoms with Crippen LogP contribution in [0, 0.1) is 5.82 Å². The number of ether oxygens (including phenoxy) is 1. The molecular weight excluding hydrogens is 213 g/mol. The van der Waals surface area contributed by atoms with Gasteiger partial charge in [-0.25, -0.2) is 4.39 Å². The first-order chi connectivity index (χ1) is 7.63. The molecule has 0 heterocycles. The van der Waals surface area contributed by atoms with Crippen LogP contribution in [0.1, 0.15) is 0 Å². The number of rotatable bonds is 3. The van der Waals surface area contributed by atoms with Crippen LogP contribution in [0.15, 0.2) is 33.9 Å². The summed E-state index contributed by atoms with van der Waals surface area (Å²) in [5.41, 5.74) is -0.640. The smallest absolute Gasteiger partial charge is 0.272 e. The molecule has 4 nitrogen and oxygen atoms in total. The standard InChI is InChI=1S/C11H8FNO3/c1-16-11-8(9(14)10(11)15)13-7-4-2-6(12)3-5-7/h2-5,13H,1H3. The number of benzene rings is 1. The van der Waals surface area contributed by atoms with Crippen molar-refractivity contribution in [3.8, 4) is 5.75 Å². The van der Waals surface area contributed by atoms with Crippen molar-refractivity contribution in [2.75, 3.05) is 12.4 Å². The highest BCUT2D eigenvalue weighted by Gasteiger charge is 2.21. The Morgan fingerprint density at radius 1 is 1.12 bits per heavy atom. The first kappa shape index (κ1) is 10.4. The molecule has 0 bridgehead atoms. The number of anilines is 2. The van der Waals surface area contributed by atoms with E-state index in [2.05, 4.69) is 5.32 Å². The third-order valence-corrected chi connectivity index (χ3v) is 2.18. The second-order valence-electron chi connectivity index (χ2n) is 3.20. The highest BCUT2D eigenvalue weighted by molar-refractivity contribution is 5.69. The summed E-state index contributed by atoms with van der Waals surface area (Å²) in [6.07, 6.45) is 0. The van der Waals surface area contributed by atoms with E-state index in [1.165, 1.54) is 31.4 Å². The zero-order chi connectivity index (χ0) is 11.7. The average Bonchev–Trinajstić information content (AvgIpc) is 2.30. The quantitative estimate of drug-likeness (QED) is 0.790. The van der Waals surface area contributed by atoms with Crippen LogP contribution < -0.4 is 20.9 Å². The van der Waals surface area contributed by atoms with E-state index in [-0.39, 0.29) is 17.3 Å². The summed E-state index contributed by atoms with van der Waals surface area (Å²) in [6.45, 7) is 0. The van der Waals surface area contributed by atoms with Crippen molar-refractivity contribution >= 4 is 11.4 Å². The Morgan fingerprint density at radius 2 is 1.75 bits per heavy atom. The lowest BCUT2D eigenvalue weighted by Gasteiger charge is -2.11. The third-order valence-electron chi connectivity index (χ3n) is 2.18. The van der Waals surface area contributed by atoms with E-state index in [0.717, 1.165) is 0 Å². The maximum Gasteiger partial charge on any atom is 0.272 e. The number of halogens is 1. The molecule has 2 aromatic carbocycles. The van der Waals surface area contributed by atoms with Crippen molar-refractivity contribution in [2.45, 2.75) is 0 Å². The molecule has 0 aliphatic heterocycles. The second kappa shape index (κ2) is 3.77. The van der Waals surface area contributed by atoms with E-state index >= 15 is 0 Å². The Bertz CT molecular complexity index is 582. The molecule has 0 atom stereocenters. The fraction of sp³-hybridized carbons (Fsp3) is 0.0909. The van der Waals surface area contributed by atoms with Crippen LogP contribution in [-0.4, -0.2) is 7.11 Å². The van der Waals surface area contributed by atoms with E-state index in [4.69, 9.17) is 4.74 Å². The fourth-order valence-corrected chi connectivity index (χ4v) is 1.36. The summed E-state index contributed by atoms with van der Waals surface area (Å²) in [5, 5.41) is 2.70. The Kier molecular flexibility index (Phi) is 2.44. The lowest BCUT2D eigenvalue weighted by Crippen LogP contribution is -2.34. The summed E-state index contributed by atoms with van der Waals surface area (Å²) in [7, 11) is 1.31. The van der Waals surface area contributed by atoms with Gasteiger partial charge in [-0.1, -0.05) is 0 Å². The first-order valence-electron chi connectivity index (χ1n) is 4.53. The lowest BCUT2D eigenvalue weighted by atomic mass is 10.2. The molecule has 0 radical (unpaired) electrons. The SMILES string of the molecule is COc1c(Nc2ccc(F)cc2)c(=O)c1=O. The highest BCUT2D eigenvalue weighted by Crippen LogP contribution is 2.21. The Morgan fingerprint density at radius 3 is 2.31 bits per heavy atom. The number of methoxy groups -OCH3 is 1. The van der Waals surface area contributed by atoms with Gasteiger partial charge in [0.2, 0.25) is 0 Å². The summed E-state index contributed by atoms with van der Waals surface area (Å²) in [4.78, 5) is 22.2. The van der Waals surface area contributed by atoms with Crippen molar-refractivity contribution in [3.63, 3.8) is 0 Å². The molecule has 2 rings (SSSR count). The van der Waals surface area contributed by atoms with Crippen LogP contribution >= 0.6 is 0 Å². The summed E-state index contributed by atoms with van der Waals surface area (Å²) in [5.74, 6) is -0.364. The minimum Gasteiger partial charge on any atom is -0.491 e. The normalized spacial score (nSPS) is 10.4. The molecule has 82 valence electrons. The molecule has 0 saturated heterocycles. The van der Waals surface area contributed by atoms with Gasteiger partial charge in [0, 0.05) is 5.69 Å². The van der Waals surface area contributed by atoms with Crippen LogP contribution in [0.5, 0.6) is 5.75 Å². The zero-order valence-corrected chi connectivity index (χ0v) is 8.41. The van der Waals surface area contributed by atoms with Crippen LogP contribution in [0.25, 0.3) is 0 Å². The maximum atomic E-state index is 12.6. The molecule has 0 unspecified atom stereocenters. The van der Waals surface area contributed by atoms with Gasteiger partial charge in [-0.3, -0.25) is 9.59 Å². The molecule has 0 aromatic heterocycles. The largest absolute Gasteiger partial charge is 0.491 e. The van der Waals surface area contributed by atoms with Gasteiger partial charge in [0.25, 0.3) is 10.9 Å². The first-order valence-corrected chi connectivity index (χ1v) is 4.53. The monoisotopic (exact) mass is 221 g/mol. The molecule has 0 aliphatic carbocycles. The number of hydrogen-bond donors (Lipinski definition) is 1. The van der Waals surface area contributed by atoms with Crippen LogP contribution in [-0.2, 0) is 0 Å². The zero-order valence-electron chi connectivity index (χ0n) is 8.41. The molecule has 2 aromatic rings. The minimum absolute atomic E-state index is 0.00863. The molecule has 0 spiro atoms. The maximum absolute atomic E-state index is 12.6. The van der Waals surface area contributed by atoms with Crippen molar-refractivity contribution in [1.82, 2.24) is 0 Å². The topological polar surface area (TPSA) is 55.4 Å². The molecule has 1 N–H and O–H groups in total. The van der Waals surface area contributed by atoms with Crippen LogP contribution in [0.3, 0.4) is 0 Å². The Labute approximate surface area is 90.0 Å².